The van der Waals surface area contributed by atoms with Gasteiger partial charge in [0.25, 0.3) is 0 Å². The Hall–Kier alpha value is -1.82. The molecule has 1 N–H and O–H groups in total. The molecule has 0 atom stereocenters. The number of aromatic nitrogens is 2. The highest BCUT2D eigenvalue weighted by atomic mass is 79.9. The number of nitrogens with one attached hydrogen (secondary N) is 1. The smallest absolute Gasteiger partial charge is 0.185 e. The zero-order valence-electron chi connectivity index (χ0n) is 9.86. The number of carbonyl (C=O) groups is 1. The molecule has 0 aliphatic carbocycles. The van der Waals surface area contributed by atoms with Gasteiger partial charge in [-0.3, -0.25) is 4.79 Å². The molecule has 0 aliphatic heterocycles. The number of nitrogens with zero attached hydrogens (tertiary/aromatic N) is 1. The Morgan fingerprint density at radius 2 is 1.83 bits per heavy atom. The lowest BCUT2D eigenvalue weighted by atomic mass is 10.1. The quantitative estimate of drug-likeness (QED) is 0.882. The first-order valence-electron chi connectivity index (χ1n) is 5.12. The summed E-state index contributed by atoms with van der Waals surface area (Å²) < 4.78 is 11.0. The number of rotatable bonds is 4. The number of hydrogen-bond acceptors (Lipinski definition) is 4. The standard InChI is InChI=1S/C12H11BrN2O3/c1-17-8-3-7(4-9(5-8)18-2)11-12(13)15-10(6-16)14-11/h3-6H,1-2H3,(H,14,15). The molecule has 0 saturated carbocycles. The van der Waals surface area contributed by atoms with Gasteiger partial charge in [0.15, 0.2) is 12.1 Å². The van der Waals surface area contributed by atoms with Gasteiger partial charge in [-0.2, -0.15) is 0 Å². The highest BCUT2D eigenvalue weighted by Gasteiger charge is 2.12. The fourth-order valence-corrected chi connectivity index (χ4v) is 2.08. The number of carbonyl (C=O) groups excluding carboxylic acids is 1. The number of aromatic amines is 1. The van der Waals surface area contributed by atoms with Crippen molar-refractivity contribution in [3.63, 3.8) is 0 Å². The number of methoxy groups -OCH3 is 2. The Morgan fingerprint density at radius 1 is 1.22 bits per heavy atom. The van der Waals surface area contributed by atoms with E-state index in [-0.39, 0.29) is 5.82 Å². The second-order valence-corrected chi connectivity index (χ2v) is 4.30. The molecule has 18 heavy (non-hydrogen) atoms. The lowest BCUT2D eigenvalue weighted by Gasteiger charge is -2.07. The Balaban J connectivity index is 2.54. The monoisotopic (exact) mass is 310 g/mol. The van der Waals surface area contributed by atoms with Gasteiger partial charge in [0.1, 0.15) is 21.8 Å². The van der Waals surface area contributed by atoms with E-state index in [1.807, 2.05) is 12.1 Å². The second kappa shape index (κ2) is 5.22. The maximum atomic E-state index is 10.7. The van der Waals surface area contributed by atoms with Crippen LogP contribution in [0.4, 0.5) is 0 Å². The number of ether oxygens (including phenoxy) is 2. The van der Waals surface area contributed by atoms with Crippen LogP contribution >= 0.6 is 15.9 Å². The van der Waals surface area contributed by atoms with Crippen LogP contribution in [0.15, 0.2) is 22.8 Å². The molecule has 1 heterocycles. The fraction of sp³-hybridized carbons (Fsp3) is 0.167. The number of halogens is 1. The average Bonchev–Trinajstić information content (AvgIpc) is 2.79. The summed E-state index contributed by atoms with van der Waals surface area (Å²) in [6.45, 7) is 0. The molecule has 0 saturated heterocycles. The first-order chi connectivity index (χ1) is 8.67. The van der Waals surface area contributed by atoms with Gasteiger partial charge in [0.05, 0.1) is 14.2 Å². The Morgan fingerprint density at radius 3 is 2.28 bits per heavy atom. The third kappa shape index (κ3) is 2.38. The number of hydrogen-bond donors (Lipinski definition) is 1. The second-order valence-electron chi connectivity index (χ2n) is 3.50. The molecule has 1 aromatic heterocycles. The summed E-state index contributed by atoms with van der Waals surface area (Å²) in [5.41, 5.74) is 1.43. The van der Waals surface area contributed by atoms with Gasteiger partial charge >= 0.3 is 0 Å². The minimum Gasteiger partial charge on any atom is -0.497 e. The predicted octanol–water partition coefficient (Wildman–Crippen LogP) is 2.67. The zero-order valence-corrected chi connectivity index (χ0v) is 11.4. The van der Waals surface area contributed by atoms with Gasteiger partial charge in [-0.15, -0.1) is 0 Å². The topological polar surface area (TPSA) is 64.2 Å². The molecule has 0 radical (unpaired) electrons. The molecule has 0 unspecified atom stereocenters. The van der Waals surface area contributed by atoms with Crippen molar-refractivity contribution in [1.82, 2.24) is 9.97 Å². The number of imidazole rings is 1. The van der Waals surface area contributed by atoms with Crippen molar-refractivity contribution in [1.29, 1.82) is 0 Å². The summed E-state index contributed by atoms with van der Waals surface area (Å²) in [6, 6.07) is 5.40. The summed E-state index contributed by atoms with van der Waals surface area (Å²) in [5, 5.41) is 0. The number of benzene rings is 1. The van der Waals surface area contributed by atoms with Crippen molar-refractivity contribution in [3.8, 4) is 22.8 Å². The van der Waals surface area contributed by atoms with Crippen LogP contribution in [0.5, 0.6) is 11.5 Å². The minimum absolute atomic E-state index is 0.263. The van der Waals surface area contributed by atoms with E-state index in [0.717, 1.165) is 5.56 Å². The van der Waals surface area contributed by atoms with Gasteiger partial charge in [-0.25, -0.2) is 4.98 Å². The summed E-state index contributed by atoms with van der Waals surface area (Å²) in [4.78, 5) is 17.7. The van der Waals surface area contributed by atoms with Gasteiger partial charge in [0, 0.05) is 11.6 Å². The van der Waals surface area contributed by atoms with Crippen molar-refractivity contribution < 1.29 is 14.3 Å². The molecule has 0 aliphatic rings. The van der Waals surface area contributed by atoms with Gasteiger partial charge < -0.3 is 14.5 Å². The van der Waals surface area contributed by atoms with Crippen molar-refractivity contribution >= 4 is 22.2 Å². The largest absolute Gasteiger partial charge is 0.497 e. The summed E-state index contributed by atoms with van der Waals surface area (Å²) >= 11 is 3.33. The zero-order chi connectivity index (χ0) is 13.1. The van der Waals surface area contributed by atoms with Crippen LogP contribution in [-0.2, 0) is 0 Å². The highest BCUT2D eigenvalue weighted by Crippen LogP contribution is 2.32. The van der Waals surface area contributed by atoms with Crippen LogP contribution in [0, 0.1) is 0 Å². The SMILES string of the molecule is COc1cc(OC)cc(-c2nc(C=O)[nH]c2Br)c1. The van der Waals surface area contributed by atoms with Crippen molar-refractivity contribution in [2.75, 3.05) is 14.2 Å². The Kier molecular flexibility index (Phi) is 3.66. The fourth-order valence-electron chi connectivity index (χ4n) is 1.56. The molecule has 1 aromatic carbocycles. The molecular formula is C12H11BrN2O3. The van der Waals surface area contributed by atoms with Gasteiger partial charge in [0.2, 0.25) is 0 Å². The Bertz CT molecular complexity index is 558. The maximum absolute atomic E-state index is 10.7. The molecule has 2 aromatic rings. The van der Waals surface area contributed by atoms with Crippen LogP contribution in [0.25, 0.3) is 11.3 Å². The van der Waals surface area contributed by atoms with Gasteiger partial charge in [-0.1, -0.05) is 0 Å². The first-order valence-corrected chi connectivity index (χ1v) is 5.91. The van der Waals surface area contributed by atoms with E-state index < -0.39 is 0 Å². The number of H-pyrrole nitrogens is 1. The molecule has 6 heteroatoms. The van der Waals surface area contributed by atoms with E-state index in [1.165, 1.54) is 0 Å². The molecule has 0 bridgehead atoms. The lowest BCUT2D eigenvalue weighted by molar-refractivity contribution is 0.111. The van der Waals surface area contributed by atoms with E-state index in [2.05, 4.69) is 25.9 Å². The lowest BCUT2D eigenvalue weighted by Crippen LogP contribution is -1.89. The number of aldehydes is 1. The first kappa shape index (κ1) is 12.6. The van der Waals surface area contributed by atoms with Gasteiger partial charge in [-0.05, 0) is 28.1 Å². The molecular weight excluding hydrogens is 300 g/mol. The molecule has 0 amide bonds. The third-order valence-electron chi connectivity index (χ3n) is 2.41. The normalized spacial score (nSPS) is 10.2. The Labute approximate surface area is 112 Å². The van der Waals surface area contributed by atoms with E-state index in [9.17, 15) is 4.79 Å². The summed E-state index contributed by atoms with van der Waals surface area (Å²) in [7, 11) is 3.16. The average molecular weight is 311 g/mol. The molecule has 0 fully saturated rings. The van der Waals surface area contributed by atoms with Crippen LogP contribution in [0.1, 0.15) is 10.6 Å². The van der Waals surface area contributed by atoms with Crippen LogP contribution in [0.3, 0.4) is 0 Å². The molecule has 2 rings (SSSR count). The van der Waals surface area contributed by atoms with E-state index in [4.69, 9.17) is 9.47 Å². The molecule has 94 valence electrons. The summed E-state index contributed by atoms with van der Waals surface area (Å²) in [5.74, 6) is 1.58. The van der Waals surface area contributed by atoms with Crippen molar-refractivity contribution in [2.45, 2.75) is 0 Å². The van der Waals surface area contributed by atoms with Crippen molar-refractivity contribution in [3.05, 3.63) is 28.6 Å². The molecule has 0 spiro atoms. The minimum atomic E-state index is 0.263. The summed E-state index contributed by atoms with van der Waals surface area (Å²) in [6.07, 6.45) is 0.658. The van der Waals surface area contributed by atoms with E-state index in [1.54, 1.807) is 20.3 Å². The van der Waals surface area contributed by atoms with Crippen LogP contribution in [0.2, 0.25) is 0 Å². The maximum Gasteiger partial charge on any atom is 0.185 e. The molecule has 5 nitrogen and oxygen atoms in total. The van der Waals surface area contributed by atoms with Crippen molar-refractivity contribution in [2.24, 2.45) is 0 Å². The predicted molar refractivity (Wildman–Crippen MR) is 70.2 cm³/mol. The van der Waals surface area contributed by atoms with E-state index >= 15 is 0 Å². The van der Waals surface area contributed by atoms with Crippen LogP contribution < -0.4 is 9.47 Å². The third-order valence-corrected chi connectivity index (χ3v) is 2.99. The van der Waals surface area contributed by atoms with Crippen LogP contribution in [-0.4, -0.2) is 30.5 Å². The highest BCUT2D eigenvalue weighted by molar-refractivity contribution is 9.10. The van der Waals surface area contributed by atoms with E-state index in [0.29, 0.717) is 28.1 Å².